The SMILES string of the molecule is CCCCCCCCCCCCCCCCCC(=O)OC(CCCCCCCCCCCCCCCCC)C(CCCCCCCCCCCCCCCC)C(=O)N[C@@H](C)C(=O)N[C@@H](COC(C)(C)C)C(=O)N[C@@H](CCCCNC(=O)OC(C)(C)C)C(=O)N[C@@H](CCCCNC(=O)OC(C)(C)C)C(=O)N[C@@H](CCCCNC(=O)OC(C)(C)C)C(=O)N[C@@H](CCCCNC(=O)OC(C)(C)C)C(=O)OC(C)(C)C. The maximum Gasteiger partial charge on any atom is 0.407 e. The van der Waals surface area contributed by atoms with Gasteiger partial charge in [0, 0.05) is 32.6 Å². The molecule has 0 bridgehead atoms. The number of ether oxygens (including phenoxy) is 7. The molecule has 0 heterocycles. The van der Waals surface area contributed by atoms with Crippen molar-refractivity contribution >= 4 is 71.8 Å². The van der Waals surface area contributed by atoms with Gasteiger partial charge < -0.3 is 86.3 Å². The quantitative estimate of drug-likeness (QED) is 0.0154. The Morgan fingerprint density at radius 1 is 0.227 bits per heavy atom. The Hall–Kier alpha value is -7.20. The minimum Gasteiger partial charge on any atom is -0.462 e. The van der Waals surface area contributed by atoms with Gasteiger partial charge in [0.25, 0.3) is 0 Å². The van der Waals surface area contributed by atoms with Gasteiger partial charge in [-0.05, 0) is 234 Å². The lowest BCUT2D eigenvalue weighted by molar-refractivity contribution is -0.159. The molecule has 0 fully saturated rings. The summed E-state index contributed by atoms with van der Waals surface area (Å²) in [6.07, 6.45) is 51.7. The first-order chi connectivity index (χ1) is 66.6. The monoisotopic (exact) mass is 2000 g/mol. The van der Waals surface area contributed by atoms with Gasteiger partial charge in [0.15, 0.2) is 0 Å². The van der Waals surface area contributed by atoms with Crippen LogP contribution >= 0.6 is 0 Å². The average Bonchev–Trinajstić information content (AvgIpc) is 0.814. The lowest BCUT2D eigenvalue weighted by Crippen LogP contribution is -2.60. The first kappa shape index (κ1) is 134. The third-order valence-corrected chi connectivity index (χ3v) is 24.3. The van der Waals surface area contributed by atoms with Crippen molar-refractivity contribution < 1.29 is 90.7 Å². The van der Waals surface area contributed by atoms with E-state index in [1.165, 1.54) is 200 Å². The molecule has 10 amide bonds. The molecule has 2 unspecified atom stereocenters. The molecule has 29 heteroatoms. The number of nitrogens with one attached hydrogen (secondary N) is 10. The van der Waals surface area contributed by atoms with Crippen molar-refractivity contribution in [3.8, 4) is 0 Å². The molecule has 0 saturated carbocycles. The van der Waals surface area contributed by atoms with Gasteiger partial charge in [-0.2, -0.15) is 0 Å². The molecule has 0 aromatic heterocycles. The molecule has 0 aliphatic carbocycles. The van der Waals surface area contributed by atoms with E-state index in [0.29, 0.717) is 44.9 Å². The van der Waals surface area contributed by atoms with Crippen molar-refractivity contribution in [1.29, 1.82) is 0 Å². The van der Waals surface area contributed by atoms with Crippen molar-refractivity contribution in [2.24, 2.45) is 5.92 Å². The van der Waals surface area contributed by atoms with Crippen LogP contribution in [0.5, 0.6) is 0 Å². The molecule has 141 heavy (non-hydrogen) atoms. The van der Waals surface area contributed by atoms with Gasteiger partial charge in [0.1, 0.15) is 70.4 Å². The second-order valence-corrected chi connectivity index (χ2v) is 45.6. The van der Waals surface area contributed by atoms with Gasteiger partial charge >= 0.3 is 36.3 Å². The van der Waals surface area contributed by atoms with Crippen molar-refractivity contribution in [2.45, 2.75) is 607 Å². The van der Waals surface area contributed by atoms with E-state index in [4.69, 9.17) is 33.2 Å². The van der Waals surface area contributed by atoms with Crippen LogP contribution < -0.4 is 53.2 Å². The molecule has 0 aromatic carbocycles. The molecule has 824 valence electrons. The summed E-state index contributed by atoms with van der Waals surface area (Å²) in [5.41, 5.74) is -5.00. The van der Waals surface area contributed by atoms with E-state index in [0.717, 1.165) is 77.0 Å². The van der Waals surface area contributed by atoms with Crippen LogP contribution in [0.15, 0.2) is 0 Å². The number of unbranched alkanes of at least 4 members (excludes halogenated alkanes) is 45. The highest BCUT2D eigenvalue weighted by Gasteiger charge is 2.38. The Morgan fingerprint density at radius 2 is 0.461 bits per heavy atom. The summed E-state index contributed by atoms with van der Waals surface area (Å²) in [6, 6.07) is -8.30. The minimum absolute atomic E-state index is 0.0494. The third-order valence-electron chi connectivity index (χ3n) is 24.3. The molecule has 0 aliphatic rings. The second kappa shape index (κ2) is 80.0. The molecular weight excluding hydrogens is 1790 g/mol. The van der Waals surface area contributed by atoms with Gasteiger partial charge in [-0.15, -0.1) is 0 Å². The summed E-state index contributed by atoms with van der Waals surface area (Å²) < 4.78 is 40.5. The predicted octanol–water partition coefficient (Wildman–Crippen LogP) is 24.8. The molecular formula is C112H212N10O19. The van der Waals surface area contributed by atoms with E-state index in [1.807, 2.05) is 0 Å². The molecule has 0 aliphatic heterocycles. The molecule has 0 rings (SSSR count). The summed E-state index contributed by atoms with van der Waals surface area (Å²) in [6.45, 7) is 39.6. The normalized spacial score (nSPS) is 13.7. The number of alkyl carbamates (subject to hydrolysis) is 4. The van der Waals surface area contributed by atoms with Crippen LogP contribution in [0.3, 0.4) is 0 Å². The number of hydrogen-bond donors (Lipinski definition) is 10. The summed E-state index contributed by atoms with van der Waals surface area (Å²) >= 11 is 0. The van der Waals surface area contributed by atoms with E-state index in [-0.39, 0.29) is 96.4 Å². The Balaban J connectivity index is 7.99. The van der Waals surface area contributed by atoms with E-state index in [1.54, 1.807) is 125 Å². The Kier molecular flexibility index (Phi) is 75.9. The maximum atomic E-state index is 15.5. The lowest BCUT2D eigenvalue weighted by atomic mass is 9.90. The van der Waals surface area contributed by atoms with Crippen LogP contribution in [-0.4, -0.2) is 181 Å². The van der Waals surface area contributed by atoms with Gasteiger partial charge in [-0.25, -0.2) is 24.0 Å². The number of rotatable bonds is 84. The summed E-state index contributed by atoms with van der Waals surface area (Å²) in [7, 11) is 0. The summed E-state index contributed by atoms with van der Waals surface area (Å²) in [4.78, 5) is 171. The third kappa shape index (κ3) is 82.7. The van der Waals surface area contributed by atoms with Gasteiger partial charge in [0.2, 0.25) is 35.4 Å². The van der Waals surface area contributed by atoms with Crippen LogP contribution in [0.1, 0.15) is 531 Å². The van der Waals surface area contributed by atoms with Crippen molar-refractivity contribution in [1.82, 2.24) is 53.2 Å². The highest BCUT2D eigenvalue weighted by atomic mass is 16.6. The number of carbonyl (C=O) groups is 12. The van der Waals surface area contributed by atoms with E-state index < -0.39 is 154 Å². The zero-order chi connectivity index (χ0) is 106. The average molecular weight is 2000 g/mol. The van der Waals surface area contributed by atoms with Crippen molar-refractivity contribution in [2.75, 3.05) is 32.8 Å². The molecule has 0 radical (unpaired) electrons. The predicted molar refractivity (Wildman–Crippen MR) is 569 cm³/mol. The topological polar surface area (TPSA) is 390 Å². The zero-order valence-electron chi connectivity index (χ0n) is 93.6. The van der Waals surface area contributed by atoms with E-state index >= 15 is 28.8 Å². The number of amides is 10. The van der Waals surface area contributed by atoms with Crippen LogP contribution in [0, 0.1) is 5.92 Å². The summed E-state index contributed by atoms with van der Waals surface area (Å²) in [5.74, 6) is -6.38. The van der Waals surface area contributed by atoms with E-state index in [2.05, 4.69) is 73.9 Å². The van der Waals surface area contributed by atoms with Gasteiger partial charge in [0.05, 0.1) is 18.1 Å². The molecule has 10 N–H and O–H groups in total. The van der Waals surface area contributed by atoms with Crippen molar-refractivity contribution in [3.05, 3.63) is 0 Å². The lowest BCUT2D eigenvalue weighted by Gasteiger charge is -2.30. The standard InChI is InChI=1S/C112H212N10O19/c1-23-26-29-32-35-38-41-44-47-50-53-56-59-62-65-80-94(136-95(123)81-66-63-60-57-54-51-48-45-42-39-36-33-30-27-24-2)88(75-64-61-58-55-52-49-46-43-40-37-34-31-28-25-3)97(125)117-87(4)96(124)122-93(86-135-107(5,6)7)101(129)120-90(77-68-72-83-114-104(132)139-110(14,15)16)99(127)118-89(76-67-71-82-113-103(131)138-109(11,12)13)98(126)119-91(78-69-73-84-115-105(133)140-111(17,18)19)100(128)121-92(102(130)137-108(8,9)10)79-70-74-85-116-106(134)141-112(20,21)22/h87-94H,23-86H2,1-22H3,(H,113,131)(H,114,132)(H,115,133)(H,116,134)(H,117,125)(H,118,127)(H,119,126)(H,120,129)(H,121,128)(H,122,124)/t87-,88?,89-,90-,91-,92-,93-,94?/m0/s1. The first-order valence-electron chi connectivity index (χ1n) is 56.3. The smallest absolute Gasteiger partial charge is 0.407 e. The Labute approximate surface area is 856 Å². The largest absolute Gasteiger partial charge is 0.462 e. The Morgan fingerprint density at radius 3 is 0.738 bits per heavy atom. The molecule has 0 spiro atoms. The first-order valence-corrected chi connectivity index (χ1v) is 56.3. The minimum atomic E-state index is -1.50. The maximum absolute atomic E-state index is 15.5. The molecule has 0 saturated heterocycles. The Bertz CT molecular complexity index is 3320. The number of hydrogen-bond acceptors (Lipinski definition) is 19. The molecule has 8 atom stereocenters. The van der Waals surface area contributed by atoms with Crippen LogP contribution in [0.4, 0.5) is 19.2 Å². The van der Waals surface area contributed by atoms with Gasteiger partial charge in [-0.3, -0.25) is 33.6 Å². The van der Waals surface area contributed by atoms with Crippen LogP contribution in [0.2, 0.25) is 0 Å². The van der Waals surface area contributed by atoms with Crippen molar-refractivity contribution in [3.63, 3.8) is 0 Å². The number of esters is 2. The second-order valence-electron chi connectivity index (χ2n) is 45.6. The molecule has 29 nitrogen and oxygen atoms in total. The number of carbonyl (C=O) groups excluding carboxylic acids is 12. The zero-order valence-corrected chi connectivity index (χ0v) is 93.6. The van der Waals surface area contributed by atoms with E-state index in [9.17, 15) is 28.8 Å². The highest BCUT2D eigenvalue weighted by molar-refractivity contribution is 5.97. The van der Waals surface area contributed by atoms with Crippen LogP contribution in [-0.2, 0) is 71.5 Å². The van der Waals surface area contributed by atoms with Crippen LogP contribution in [0.25, 0.3) is 0 Å². The fourth-order valence-electron chi connectivity index (χ4n) is 16.6. The fourth-order valence-corrected chi connectivity index (χ4v) is 16.6. The fraction of sp³-hybridized carbons (Fsp3) is 0.893. The summed E-state index contributed by atoms with van der Waals surface area (Å²) in [5, 5.41) is 28.2. The highest BCUT2D eigenvalue weighted by Crippen LogP contribution is 2.28. The molecule has 0 aromatic rings. The van der Waals surface area contributed by atoms with Gasteiger partial charge in [-0.1, -0.05) is 290 Å².